The third kappa shape index (κ3) is 3.81. The average Bonchev–Trinajstić information content (AvgIpc) is 3.07. The molecule has 120 valence electrons. The van der Waals surface area contributed by atoms with Gasteiger partial charge in [0.05, 0.1) is 5.52 Å². The highest BCUT2D eigenvalue weighted by Gasteiger charge is 2.13. The molecule has 0 atom stereocenters. The van der Waals surface area contributed by atoms with E-state index in [1.165, 1.54) is 11.3 Å². The topological polar surface area (TPSA) is 71.1 Å². The molecule has 0 aliphatic heterocycles. The van der Waals surface area contributed by atoms with Crippen LogP contribution >= 0.6 is 22.9 Å². The van der Waals surface area contributed by atoms with Crippen LogP contribution in [0.15, 0.2) is 52.2 Å². The summed E-state index contributed by atoms with van der Waals surface area (Å²) in [5, 5.41) is 6.48. The minimum atomic E-state index is -3.43. The quantitative estimate of drug-likeness (QED) is 0.655. The number of hydrogen-bond donors (Lipinski definition) is 2. The summed E-state index contributed by atoms with van der Waals surface area (Å²) in [6, 6.07) is 10.6. The fraction of sp³-hybridized carbons (Fsp3) is 0.133. The van der Waals surface area contributed by atoms with Gasteiger partial charge in [-0.05, 0) is 35.7 Å². The molecule has 0 saturated carbocycles. The number of anilines is 1. The van der Waals surface area contributed by atoms with Gasteiger partial charge in [-0.2, -0.15) is 0 Å². The zero-order valence-electron chi connectivity index (χ0n) is 12.0. The standard InChI is InChI=1S/C15H14ClN3O2S2/c16-11-3-4-13-12(10-11)14(5-6-17-13)18-7-8-19-23(20,21)15-2-1-9-22-15/h1-6,9-10,19H,7-8H2,(H,17,18). The summed E-state index contributed by atoms with van der Waals surface area (Å²) in [6.07, 6.45) is 1.70. The van der Waals surface area contributed by atoms with Crippen LogP contribution in [0.4, 0.5) is 5.69 Å². The van der Waals surface area contributed by atoms with Crippen molar-refractivity contribution in [1.29, 1.82) is 0 Å². The normalized spacial score (nSPS) is 11.7. The predicted octanol–water partition coefficient (Wildman–Crippen LogP) is 3.34. The molecule has 0 aliphatic carbocycles. The fourth-order valence-electron chi connectivity index (χ4n) is 2.14. The second-order valence-corrected chi connectivity index (χ2v) is 8.15. The fourth-order valence-corrected chi connectivity index (χ4v) is 4.38. The summed E-state index contributed by atoms with van der Waals surface area (Å²) >= 11 is 7.22. The Morgan fingerprint density at radius 3 is 2.83 bits per heavy atom. The van der Waals surface area contributed by atoms with Gasteiger partial charge < -0.3 is 5.32 Å². The molecule has 8 heteroatoms. The largest absolute Gasteiger partial charge is 0.383 e. The Morgan fingerprint density at radius 1 is 1.17 bits per heavy atom. The van der Waals surface area contributed by atoms with Crippen molar-refractivity contribution in [2.24, 2.45) is 0 Å². The number of rotatable bonds is 6. The molecule has 1 aromatic carbocycles. The van der Waals surface area contributed by atoms with Crippen molar-refractivity contribution in [3.63, 3.8) is 0 Å². The van der Waals surface area contributed by atoms with E-state index in [9.17, 15) is 8.42 Å². The lowest BCUT2D eigenvalue weighted by atomic mass is 10.2. The van der Waals surface area contributed by atoms with Crippen molar-refractivity contribution in [1.82, 2.24) is 9.71 Å². The smallest absolute Gasteiger partial charge is 0.250 e. The van der Waals surface area contributed by atoms with Gasteiger partial charge in [0.1, 0.15) is 4.21 Å². The number of fused-ring (bicyclic) bond motifs is 1. The van der Waals surface area contributed by atoms with Crippen molar-refractivity contribution in [3.05, 3.63) is 53.0 Å². The number of thiophene rings is 1. The molecule has 0 bridgehead atoms. The Kier molecular flexibility index (Phi) is 4.82. The lowest BCUT2D eigenvalue weighted by Gasteiger charge is -2.10. The highest BCUT2D eigenvalue weighted by atomic mass is 35.5. The molecule has 0 spiro atoms. The number of hydrogen-bond acceptors (Lipinski definition) is 5. The van der Waals surface area contributed by atoms with Crippen LogP contribution in [0.2, 0.25) is 5.02 Å². The monoisotopic (exact) mass is 367 g/mol. The first-order valence-corrected chi connectivity index (χ1v) is 9.62. The maximum atomic E-state index is 12.0. The SMILES string of the molecule is O=S(=O)(NCCNc1ccnc2ccc(Cl)cc12)c1cccs1. The summed E-state index contributed by atoms with van der Waals surface area (Å²) in [4.78, 5) is 4.28. The highest BCUT2D eigenvalue weighted by molar-refractivity contribution is 7.91. The lowest BCUT2D eigenvalue weighted by Crippen LogP contribution is -2.28. The van der Waals surface area contributed by atoms with E-state index in [1.54, 1.807) is 29.8 Å². The number of halogens is 1. The van der Waals surface area contributed by atoms with Crippen molar-refractivity contribution >= 4 is 49.6 Å². The van der Waals surface area contributed by atoms with Crippen LogP contribution in [0, 0.1) is 0 Å². The van der Waals surface area contributed by atoms with Crippen LogP contribution in [0.5, 0.6) is 0 Å². The van der Waals surface area contributed by atoms with Crippen LogP contribution in [0.1, 0.15) is 0 Å². The molecule has 3 rings (SSSR count). The van der Waals surface area contributed by atoms with Crippen molar-refractivity contribution in [3.8, 4) is 0 Å². The summed E-state index contributed by atoms with van der Waals surface area (Å²) in [5.74, 6) is 0. The molecule has 0 fully saturated rings. The van der Waals surface area contributed by atoms with E-state index >= 15 is 0 Å². The van der Waals surface area contributed by atoms with E-state index in [-0.39, 0.29) is 6.54 Å². The second kappa shape index (κ2) is 6.84. The van der Waals surface area contributed by atoms with Gasteiger partial charge in [0, 0.05) is 35.4 Å². The van der Waals surface area contributed by atoms with Crippen molar-refractivity contribution in [2.45, 2.75) is 4.21 Å². The number of pyridine rings is 1. The van der Waals surface area contributed by atoms with E-state index in [4.69, 9.17) is 11.6 Å². The summed E-state index contributed by atoms with van der Waals surface area (Å²) < 4.78 is 26.9. The minimum absolute atomic E-state index is 0.282. The average molecular weight is 368 g/mol. The molecule has 0 aliphatic rings. The third-order valence-electron chi connectivity index (χ3n) is 3.20. The molecule has 2 aromatic heterocycles. The molecule has 3 aromatic rings. The van der Waals surface area contributed by atoms with Crippen LogP contribution in [0.25, 0.3) is 10.9 Å². The molecule has 2 heterocycles. The second-order valence-electron chi connectivity index (χ2n) is 4.78. The Morgan fingerprint density at radius 2 is 2.04 bits per heavy atom. The zero-order chi connectivity index (χ0) is 16.3. The molecule has 0 saturated heterocycles. The van der Waals surface area contributed by atoms with Crippen LogP contribution in [-0.4, -0.2) is 26.5 Å². The Labute approximate surface area is 143 Å². The molecule has 5 nitrogen and oxygen atoms in total. The van der Waals surface area contributed by atoms with Gasteiger partial charge in [-0.15, -0.1) is 11.3 Å². The molecular weight excluding hydrogens is 354 g/mol. The van der Waals surface area contributed by atoms with Crippen molar-refractivity contribution in [2.75, 3.05) is 18.4 Å². The van der Waals surface area contributed by atoms with Gasteiger partial charge in [-0.1, -0.05) is 17.7 Å². The molecular formula is C15H14ClN3O2S2. The van der Waals surface area contributed by atoms with Crippen molar-refractivity contribution < 1.29 is 8.42 Å². The van der Waals surface area contributed by atoms with Crippen LogP contribution in [-0.2, 0) is 10.0 Å². The Hall–Kier alpha value is -1.67. The molecule has 23 heavy (non-hydrogen) atoms. The summed E-state index contributed by atoms with van der Waals surface area (Å²) in [7, 11) is -3.43. The maximum Gasteiger partial charge on any atom is 0.250 e. The number of nitrogens with one attached hydrogen (secondary N) is 2. The predicted molar refractivity (Wildman–Crippen MR) is 94.8 cm³/mol. The van der Waals surface area contributed by atoms with Gasteiger partial charge in [0.2, 0.25) is 10.0 Å². The molecule has 2 N–H and O–H groups in total. The first kappa shape index (κ1) is 16.2. The van der Waals surface area contributed by atoms with E-state index < -0.39 is 10.0 Å². The first-order chi connectivity index (χ1) is 11.1. The number of benzene rings is 1. The van der Waals surface area contributed by atoms with E-state index in [0.29, 0.717) is 15.8 Å². The van der Waals surface area contributed by atoms with Gasteiger partial charge in [-0.3, -0.25) is 4.98 Å². The van der Waals surface area contributed by atoms with E-state index in [2.05, 4.69) is 15.0 Å². The zero-order valence-corrected chi connectivity index (χ0v) is 14.4. The molecule has 0 radical (unpaired) electrons. The summed E-state index contributed by atoms with van der Waals surface area (Å²) in [6.45, 7) is 0.737. The molecule has 0 amide bonds. The van der Waals surface area contributed by atoms with Gasteiger partial charge in [0.15, 0.2) is 0 Å². The summed E-state index contributed by atoms with van der Waals surface area (Å²) in [5.41, 5.74) is 1.70. The Bertz CT molecular complexity index is 912. The first-order valence-electron chi connectivity index (χ1n) is 6.87. The minimum Gasteiger partial charge on any atom is -0.383 e. The number of nitrogens with zero attached hydrogens (tertiary/aromatic N) is 1. The van der Waals surface area contributed by atoms with Crippen LogP contribution in [0.3, 0.4) is 0 Å². The van der Waals surface area contributed by atoms with Gasteiger partial charge in [-0.25, -0.2) is 13.1 Å². The van der Waals surface area contributed by atoms with Gasteiger partial charge in [0.25, 0.3) is 0 Å². The maximum absolute atomic E-state index is 12.0. The lowest BCUT2D eigenvalue weighted by molar-refractivity contribution is 0.585. The van der Waals surface area contributed by atoms with E-state index in [1.807, 2.05) is 18.2 Å². The third-order valence-corrected chi connectivity index (χ3v) is 6.29. The van der Waals surface area contributed by atoms with E-state index in [0.717, 1.165) is 16.6 Å². The highest BCUT2D eigenvalue weighted by Crippen LogP contribution is 2.24. The van der Waals surface area contributed by atoms with Gasteiger partial charge >= 0.3 is 0 Å². The Balaban J connectivity index is 1.64. The molecule has 0 unspecified atom stereocenters. The number of sulfonamides is 1. The van der Waals surface area contributed by atoms with Crippen LogP contribution < -0.4 is 10.0 Å². The number of aromatic nitrogens is 1.